The van der Waals surface area contributed by atoms with E-state index in [1.807, 2.05) is 6.07 Å². The molecule has 104 valence electrons. The number of carbonyl (C=O) groups is 1. The molecule has 2 aromatic carbocycles. The molecule has 20 heavy (non-hydrogen) atoms. The van der Waals surface area contributed by atoms with E-state index in [1.165, 1.54) is 12.1 Å². The van der Waals surface area contributed by atoms with Crippen LogP contribution < -0.4 is 10.1 Å². The zero-order valence-electron chi connectivity index (χ0n) is 11.2. The lowest BCUT2D eigenvalue weighted by Crippen LogP contribution is -2.12. The van der Waals surface area contributed by atoms with Crippen molar-refractivity contribution in [3.8, 4) is 5.75 Å². The van der Waals surface area contributed by atoms with Crippen molar-refractivity contribution in [1.29, 1.82) is 0 Å². The van der Waals surface area contributed by atoms with Crippen LogP contribution >= 0.6 is 0 Å². The van der Waals surface area contributed by atoms with E-state index in [2.05, 4.69) is 5.32 Å². The molecule has 2 rings (SSSR count). The zero-order chi connectivity index (χ0) is 14.4. The van der Waals surface area contributed by atoms with Crippen molar-refractivity contribution in [2.75, 3.05) is 12.4 Å². The van der Waals surface area contributed by atoms with Gasteiger partial charge in [-0.15, -0.1) is 0 Å². The van der Waals surface area contributed by atoms with Gasteiger partial charge in [-0.2, -0.15) is 0 Å². The van der Waals surface area contributed by atoms with Gasteiger partial charge in [-0.05, 0) is 48.4 Å². The lowest BCUT2D eigenvalue weighted by molar-refractivity contribution is -0.116. The van der Waals surface area contributed by atoms with Crippen LogP contribution in [0.25, 0.3) is 0 Å². The molecule has 0 radical (unpaired) electrons. The summed E-state index contributed by atoms with van der Waals surface area (Å²) in [4.78, 5) is 11.8. The normalized spacial score (nSPS) is 10.1. The first-order chi connectivity index (χ1) is 9.67. The van der Waals surface area contributed by atoms with Crippen LogP contribution in [0, 0.1) is 5.82 Å². The monoisotopic (exact) mass is 273 g/mol. The predicted molar refractivity (Wildman–Crippen MR) is 76.3 cm³/mol. The number of rotatable bonds is 5. The molecule has 0 saturated heterocycles. The Morgan fingerprint density at radius 2 is 1.95 bits per heavy atom. The van der Waals surface area contributed by atoms with E-state index in [-0.39, 0.29) is 11.7 Å². The molecule has 0 heterocycles. The minimum Gasteiger partial charge on any atom is -0.497 e. The van der Waals surface area contributed by atoms with E-state index < -0.39 is 0 Å². The summed E-state index contributed by atoms with van der Waals surface area (Å²) in [5.74, 6) is 0.361. The molecule has 4 heteroatoms. The molecule has 0 atom stereocenters. The van der Waals surface area contributed by atoms with E-state index in [9.17, 15) is 9.18 Å². The van der Waals surface area contributed by atoms with Crippen molar-refractivity contribution in [1.82, 2.24) is 0 Å². The highest BCUT2D eigenvalue weighted by Crippen LogP contribution is 2.15. The molecule has 0 unspecified atom stereocenters. The van der Waals surface area contributed by atoms with Crippen LogP contribution in [0.1, 0.15) is 12.0 Å². The quantitative estimate of drug-likeness (QED) is 0.906. The Bertz CT molecular complexity index is 581. The SMILES string of the molecule is COc1ccc(NC(=O)CCc2cccc(F)c2)cc1. The molecule has 0 aliphatic carbocycles. The van der Waals surface area contributed by atoms with E-state index in [4.69, 9.17) is 4.74 Å². The number of ether oxygens (including phenoxy) is 1. The summed E-state index contributed by atoms with van der Waals surface area (Å²) in [5, 5.41) is 2.79. The number of carbonyl (C=O) groups excluding carboxylic acids is 1. The summed E-state index contributed by atoms with van der Waals surface area (Å²) < 4.78 is 18.0. The van der Waals surface area contributed by atoms with Crippen molar-refractivity contribution >= 4 is 11.6 Å². The van der Waals surface area contributed by atoms with Gasteiger partial charge in [0.2, 0.25) is 5.91 Å². The van der Waals surface area contributed by atoms with Gasteiger partial charge in [-0.3, -0.25) is 4.79 Å². The first kappa shape index (κ1) is 14.1. The van der Waals surface area contributed by atoms with Crippen LogP contribution in [0.2, 0.25) is 0 Å². The smallest absolute Gasteiger partial charge is 0.224 e. The fourth-order valence-electron chi connectivity index (χ4n) is 1.85. The van der Waals surface area contributed by atoms with Gasteiger partial charge >= 0.3 is 0 Å². The van der Waals surface area contributed by atoms with Gasteiger partial charge in [0.1, 0.15) is 11.6 Å². The number of benzene rings is 2. The average molecular weight is 273 g/mol. The van der Waals surface area contributed by atoms with Gasteiger partial charge in [-0.1, -0.05) is 12.1 Å². The number of methoxy groups -OCH3 is 1. The third-order valence-corrected chi connectivity index (χ3v) is 2.90. The molecule has 0 aliphatic rings. The van der Waals surface area contributed by atoms with Crippen molar-refractivity contribution in [3.05, 3.63) is 59.9 Å². The number of aryl methyl sites for hydroxylation is 1. The molecule has 0 bridgehead atoms. The Balaban J connectivity index is 1.85. The van der Waals surface area contributed by atoms with Crippen LogP contribution in [0.4, 0.5) is 10.1 Å². The Morgan fingerprint density at radius 1 is 1.20 bits per heavy atom. The lowest BCUT2D eigenvalue weighted by Gasteiger charge is -2.06. The number of hydrogen-bond donors (Lipinski definition) is 1. The highest BCUT2D eigenvalue weighted by atomic mass is 19.1. The summed E-state index contributed by atoms with van der Waals surface area (Å²) in [5.41, 5.74) is 1.53. The van der Waals surface area contributed by atoms with Crippen LogP contribution in [-0.4, -0.2) is 13.0 Å². The number of halogens is 1. The zero-order valence-corrected chi connectivity index (χ0v) is 11.2. The number of anilines is 1. The molecule has 0 aromatic heterocycles. The molecule has 1 N–H and O–H groups in total. The fourth-order valence-corrected chi connectivity index (χ4v) is 1.85. The Hall–Kier alpha value is -2.36. The van der Waals surface area contributed by atoms with Gasteiger partial charge < -0.3 is 10.1 Å². The molecule has 2 aromatic rings. The second kappa shape index (κ2) is 6.70. The summed E-state index contributed by atoms with van der Waals surface area (Å²) in [6, 6.07) is 13.4. The molecule has 0 spiro atoms. The second-order valence-corrected chi connectivity index (χ2v) is 4.41. The molecule has 0 fully saturated rings. The summed E-state index contributed by atoms with van der Waals surface area (Å²) in [7, 11) is 1.59. The highest BCUT2D eigenvalue weighted by Gasteiger charge is 2.04. The predicted octanol–water partition coefficient (Wildman–Crippen LogP) is 3.41. The standard InChI is InChI=1S/C16H16FNO2/c1-20-15-8-6-14(7-9-15)18-16(19)10-5-12-3-2-4-13(17)11-12/h2-4,6-9,11H,5,10H2,1H3,(H,18,19). The number of amides is 1. The maximum Gasteiger partial charge on any atom is 0.224 e. The van der Waals surface area contributed by atoms with Gasteiger partial charge in [0.05, 0.1) is 7.11 Å². The van der Waals surface area contributed by atoms with Crippen molar-refractivity contribution in [2.24, 2.45) is 0 Å². The minimum absolute atomic E-state index is 0.0978. The average Bonchev–Trinajstić information content (AvgIpc) is 2.46. The van der Waals surface area contributed by atoms with Crippen LogP contribution in [0.15, 0.2) is 48.5 Å². The second-order valence-electron chi connectivity index (χ2n) is 4.41. The highest BCUT2D eigenvalue weighted by molar-refractivity contribution is 5.90. The van der Waals surface area contributed by atoms with Gasteiger partial charge in [0, 0.05) is 12.1 Å². The number of hydrogen-bond acceptors (Lipinski definition) is 2. The van der Waals surface area contributed by atoms with E-state index in [0.717, 1.165) is 17.0 Å². The van der Waals surface area contributed by atoms with Crippen LogP contribution in [0.3, 0.4) is 0 Å². The Labute approximate surface area is 117 Å². The minimum atomic E-state index is -0.280. The molecule has 3 nitrogen and oxygen atoms in total. The molecular weight excluding hydrogens is 257 g/mol. The third-order valence-electron chi connectivity index (χ3n) is 2.90. The maximum atomic E-state index is 13.0. The molecular formula is C16H16FNO2. The lowest BCUT2D eigenvalue weighted by atomic mass is 10.1. The van der Waals surface area contributed by atoms with Crippen molar-refractivity contribution in [3.63, 3.8) is 0 Å². The first-order valence-corrected chi connectivity index (χ1v) is 6.36. The molecule has 0 aliphatic heterocycles. The summed E-state index contributed by atoms with van der Waals surface area (Å²) >= 11 is 0. The van der Waals surface area contributed by atoms with Crippen LogP contribution in [-0.2, 0) is 11.2 Å². The van der Waals surface area contributed by atoms with Crippen molar-refractivity contribution < 1.29 is 13.9 Å². The molecule has 0 saturated carbocycles. The topological polar surface area (TPSA) is 38.3 Å². The molecule has 1 amide bonds. The Kier molecular flexibility index (Phi) is 4.71. The fraction of sp³-hybridized carbons (Fsp3) is 0.188. The Morgan fingerprint density at radius 3 is 2.60 bits per heavy atom. The maximum absolute atomic E-state index is 13.0. The van der Waals surface area contributed by atoms with E-state index >= 15 is 0 Å². The van der Waals surface area contributed by atoms with Gasteiger partial charge in [-0.25, -0.2) is 4.39 Å². The first-order valence-electron chi connectivity index (χ1n) is 6.36. The van der Waals surface area contributed by atoms with Gasteiger partial charge in [0.25, 0.3) is 0 Å². The third kappa shape index (κ3) is 4.09. The summed E-state index contributed by atoms with van der Waals surface area (Å²) in [6.07, 6.45) is 0.829. The van der Waals surface area contributed by atoms with E-state index in [1.54, 1.807) is 37.4 Å². The van der Waals surface area contributed by atoms with Crippen molar-refractivity contribution in [2.45, 2.75) is 12.8 Å². The van der Waals surface area contributed by atoms with Gasteiger partial charge in [0.15, 0.2) is 0 Å². The number of nitrogens with one attached hydrogen (secondary N) is 1. The van der Waals surface area contributed by atoms with E-state index in [0.29, 0.717) is 12.8 Å². The largest absolute Gasteiger partial charge is 0.497 e. The van der Waals surface area contributed by atoms with Crippen LogP contribution in [0.5, 0.6) is 5.75 Å². The summed E-state index contributed by atoms with van der Waals surface area (Å²) in [6.45, 7) is 0.